The van der Waals surface area contributed by atoms with Gasteiger partial charge in [-0.3, -0.25) is 9.69 Å². The molecule has 0 atom stereocenters. The molecule has 0 aliphatic carbocycles. The fraction of sp³-hybridized carbons (Fsp3) is 0.542. The molecule has 1 aliphatic rings. The van der Waals surface area contributed by atoms with Crippen LogP contribution in [0.2, 0.25) is 0 Å². The highest BCUT2D eigenvalue weighted by atomic mass is 32.2. The lowest BCUT2D eigenvalue weighted by molar-refractivity contribution is -0.132. The van der Waals surface area contributed by atoms with Crippen molar-refractivity contribution in [3.8, 4) is 11.5 Å². The van der Waals surface area contributed by atoms with Crippen molar-refractivity contribution in [3.63, 3.8) is 0 Å². The Balaban J connectivity index is 1.69. The molecule has 2 heterocycles. The fourth-order valence-electron chi connectivity index (χ4n) is 3.87. The van der Waals surface area contributed by atoms with Crippen molar-refractivity contribution in [2.24, 2.45) is 0 Å². The zero-order valence-corrected chi connectivity index (χ0v) is 21.5. The van der Waals surface area contributed by atoms with Gasteiger partial charge in [0.2, 0.25) is 15.9 Å². The minimum Gasteiger partial charge on any atom is -0.493 e. The highest BCUT2D eigenvalue weighted by Gasteiger charge is 2.25. The topological polar surface area (TPSA) is 102 Å². The molecule has 11 heteroatoms. The molecule has 0 N–H and O–H groups in total. The van der Waals surface area contributed by atoms with E-state index in [1.165, 1.54) is 4.31 Å². The third-order valence-electron chi connectivity index (χ3n) is 5.95. The van der Waals surface area contributed by atoms with E-state index in [1.807, 2.05) is 18.2 Å². The number of methoxy groups -OCH3 is 2. The molecule has 1 fully saturated rings. The maximum atomic E-state index is 13.3. The van der Waals surface area contributed by atoms with Crippen LogP contribution in [0.15, 0.2) is 41.0 Å². The van der Waals surface area contributed by atoms with Gasteiger partial charge in [0.25, 0.3) is 0 Å². The molecule has 0 radical (unpaired) electrons. The quantitative estimate of drug-likeness (QED) is 0.400. The first kappa shape index (κ1) is 27.0. The average molecular weight is 510 g/mol. The molecule has 0 unspecified atom stereocenters. The summed E-state index contributed by atoms with van der Waals surface area (Å²) in [7, 11) is -0.414. The van der Waals surface area contributed by atoms with Gasteiger partial charge in [-0.15, -0.1) is 0 Å². The van der Waals surface area contributed by atoms with Crippen LogP contribution < -0.4 is 9.47 Å². The van der Waals surface area contributed by atoms with Crippen LogP contribution in [-0.2, 0) is 32.5 Å². The van der Waals surface area contributed by atoms with E-state index in [2.05, 4.69) is 4.90 Å². The van der Waals surface area contributed by atoms with Crippen LogP contribution >= 0.6 is 0 Å². The number of ether oxygens (including phenoxy) is 3. The molecule has 0 spiro atoms. The van der Waals surface area contributed by atoms with Gasteiger partial charge in [-0.25, -0.2) is 8.42 Å². The van der Waals surface area contributed by atoms with E-state index in [4.69, 9.17) is 18.6 Å². The van der Waals surface area contributed by atoms with Gasteiger partial charge in [-0.05, 0) is 36.2 Å². The van der Waals surface area contributed by atoms with E-state index < -0.39 is 10.0 Å². The number of carbonyl (C=O) groups excluding carboxylic acids is 1. The molecular weight excluding hydrogens is 474 g/mol. The second-order valence-electron chi connectivity index (χ2n) is 8.38. The highest BCUT2D eigenvalue weighted by Crippen LogP contribution is 2.27. The van der Waals surface area contributed by atoms with E-state index in [9.17, 15) is 13.2 Å². The Hall–Kier alpha value is -2.60. The van der Waals surface area contributed by atoms with Crippen molar-refractivity contribution < 1.29 is 31.8 Å². The molecule has 35 heavy (non-hydrogen) atoms. The zero-order chi connectivity index (χ0) is 25.3. The van der Waals surface area contributed by atoms with Crippen molar-refractivity contribution in [1.82, 2.24) is 14.1 Å². The van der Waals surface area contributed by atoms with Crippen LogP contribution in [0.5, 0.6) is 11.5 Å². The Labute approximate surface area is 207 Å². The van der Waals surface area contributed by atoms with Crippen LogP contribution in [0.25, 0.3) is 0 Å². The van der Waals surface area contributed by atoms with Crippen molar-refractivity contribution >= 4 is 15.9 Å². The smallest absolute Gasteiger partial charge is 0.238 e. The minimum atomic E-state index is -3.57. The molecule has 1 aromatic carbocycles. The monoisotopic (exact) mass is 509 g/mol. The Kier molecular flexibility index (Phi) is 9.96. The third kappa shape index (κ3) is 8.24. The Morgan fingerprint density at radius 1 is 1.09 bits per heavy atom. The van der Waals surface area contributed by atoms with Crippen LogP contribution in [0.1, 0.15) is 11.3 Å². The second-order valence-corrected chi connectivity index (χ2v) is 10.4. The van der Waals surface area contributed by atoms with E-state index >= 15 is 0 Å². The van der Waals surface area contributed by atoms with E-state index in [-0.39, 0.29) is 25.5 Å². The van der Waals surface area contributed by atoms with Crippen molar-refractivity contribution in [2.75, 3.05) is 73.0 Å². The van der Waals surface area contributed by atoms with Gasteiger partial charge in [0, 0.05) is 32.7 Å². The maximum Gasteiger partial charge on any atom is 0.238 e. The summed E-state index contributed by atoms with van der Waals surface area (Å²) < 4.78 is 47.6. The number of sulfonamides is 1. The molecule has 1 amide bonds. The molecule has 3 rings (SSSR count). The lowest BCUT2D eigenvalue weighted by atomic mass is 10.1. The summed E-state index contributed by atoms with van der Waals surface area (Å²) in [5, 5.41) is 0. The second kappa shape index (κ2) is 12.9. The summed E-state index contributed by atoms with van der Waals surface area (Å²) in [5.74, 6) is 1.59. The lowest BCUT2D eigenvalue weighted by Gasteiger charge is -2.30. The summed E-state index contributed by atoms with van der Waals surface area (Å²) in [6, 6.07) is 9.17. The number of furan rings is 1. The molecule has 1 aromatic heterocycles. The first-order chi connectivity index (χ1) is 16.8. The van der Waals surface area contributed by atoms with Crippen LogP contribution in [0, 0.1) is 0 Å². The summed E-state index contributed by atoms with van der Waals surface area (Å²) in [5.41, 5.74) is 0.965. The normalized spacial score (nSPS) is 14.7. The highest BCUT2D eigenvalue weighted by molar-refractivity contribution is 7.88. The SMILES string of the molecule is COc1ccc(CCN(Cc2ccco2)C(=O)CN(CCN2CCOCC2)S(C)(=O)=O)cc1OC. The van der Waals surface area contributed by atoms with Gasteiger partial charge in [-0.1, -0.05) is 6.07 Å². The predicted molar refractivity (Wildman–Crippen MR) is 131 cm³/mol. The van der Waals surface area contributed by atoms with Gasteiger partial charge >= 0.3 is 0 Å². The first-order valence-corrected chi connectivity index (χ1v) is 13.4. The molecular formula is C24H35N3O7S. The predicted octanol–water partition coefficient (Wildman–Crippen LogP) is 1.46. The average Bonchev–Trinajstić information content (AvgIpc) is 3.37. The van der Waals surface area contributed by atoms with Gasteiger partial charge in [0.1, 0.15) is 5.76 Å². The first-order valence-electron chi connectivity index (χ1n) is 11.6. The minimum absolute atomic E-state index is 0.226. The lowest BCUT2D eigenvalue weighted by Crippen LogP contribution is -2.47. The molecule has 10 nitrogen and oxygen atoms in total. The summed E-state index contributed by atoms with van der Waals surface area (Å²) >= 11 is 0. The molecule has 1 aliphatic heterocycles. The Bertz CT molecular complexity index is 1040. The van der Waals surface area contributed by atoms with E-state index in [0.717, 1.165) is 24.9 Å². The standard InChI is InChI=1S/C24H35N3O7S/c1-31-22-7-6-20(17-23(22)32-2)8-9-26(18-21-5-4-14-34-21)24(28)19-27(35(3,29)30)11-10-25-12-15-33-16-13-25/h4-7,14,17H,8-13,15-16,18-19H2,1-3H3. The number of carbonyl (C=O) groups is 1. The van der Waals surface area contributed by atoms with Crippen LogP contribution in [0.4, 0.5) is 0 Å². The van der Waals surface area contributed by atoms with Crippen molar-refractivity contribution in [2.45, 2.75) is 13.0 Å². The zero-order valence-electron chi connectivity index (χ0n) is 20.6. The number of hydrogen-bond donors (Lipinski definition) is 0. The van der Waals surface area contributed by atoms with Gasteiger partial charge in [-0.2, -0.15) is 4.31 Å². The van der Waals surface area contributed by atoms with Crippen LogP contribution in [-0.4, -0.2) is 101 Å². The third-order valence-corrected chi connectivity index (χ3v) is 7.20. The molecule has 1 saturated heterocycles. The molecule has 0 bridgehead atoms. The summed E-state index contributed by atoms with van der Waals surface area (Å²) in [6.07, 6.45) is 3.25. The number of morpholine rings is 1. The number of rotatable bonds is 13. The summed E-state index contributed by atoms with van der Waals surface area (Å²) in [6.45, 7) is 3.97. The molecule has 0 saturated carbocycles. The Morgan fingerprint density at radius 2 is 1.83 bits per heavy atom. The van der Waals surface area contributed by atoms with Gasteiger partial charge in [0.15, 0.2) is 11.5 Å². The molecule has 2 aromatic rings. The van der Waals surface area contributed by atoms with Crippen molar-refractivity contribution in [3.05, 3.63) is 47.9 Å². The fourth-order valence-corrected chi connectivity index (χ4v) is 4.63. The largest absolute Gasteiger partial charge is 0.493 e. The maximum absolute atomic E-state index is 13.3. The number of benzene rings is 1. The van der Waals surface area contributed by atoms with E-state index in [1.54, 1.807) is 37.5 Å². The Morgan fingerprint density at radius 3 is 2.46 bits per heavy atom. The summed E-state index contributed by atoms with van der Waals surface area (Å²) in [4.78, 5) is 17.1. The number of nitrogens with zero attached hydrogens (tertiary/aromatic N) is 3. The molecule has 194 valence electrons. The number of hydrogen-bond acceptors (Lipinski definition) is 8. The van der Waals surface area contributed by atoms with Crippen molar-refractivity contribution in [1.29, 1.82) is 0 Å². The van der Waals surface area contributed by atoms with Gasteiger partial charge < -0.3 is 23.5 Å². The van der Waals surface area contributed by atoms with Gasteiger partial charge in [0.05, 0.1) is 53.0 Å². The van der Waals surface area contributed by atoms with Crippen LogP contribution in [0.3, 0.4) is 0 Å². The van der Waals surface area contributed by atoms with E-state index in [0.29, 0.717) is 50.0 Å². The number of amides is 1.